The van der Waals surface area contributed by atoms with Gasteiger partial charge in [-0.15, -0.1) is 0 Å². The van der Waals surface area contributed by atoms with E-state index in [1.807, 2.05) is 6.92 Å². The van der Waals surface area contributed by atoms with E-state index in [0.717, 1.165) is 0 Å². The molecule has 0 aliphatic heterocycles. The van der Waals surface area contributed by atoms with Crippen LogP contribution in [0, 0.1) is 0 Å². The molecule has 76 valence electrons. The van der Waals surface area contributed by atoms with Gasteiger partial charge < -0.3 is 15.2 Å². The van der Waals surface area contributed by atoms with E-state index < -0.39 is 5.97 Å². The summed E-state index contributed by atoms with van der Waals surface area (Å²) in [6.07, 6.45) is 1.86. The lowest BCUT2D eigenvalue weighted by atomic mass is 10.3. The summed E-state index contributed by atoms with van der Waals surface area (Å²) in [5, 5.41) is 0. The smallest absolute Gasteiger partial charge is 0.332 e. The average Bonchev–Trinajstić information content (AvgIpc) is 2.05. The second kappa shape index (κ2) is 7.61. The third kappa shape index (κ3) is 7.33. The Morgan fingerprint density at radius 1 is 1.38 bits per heavy atom. The van der Waals surface area contributed by atoms with Crippen LogP contribution < -0.4 is 5.73 Å². The van der Waals surface area contributed by atoms with Crippen molar-refractivity contribution in [1.82, 2.24) is 0 Å². The molecule has 0 aromatic carbocycles. The lowest BCUT2D eigenvalue weighted by Gasteiger charge is -2.01. The molecule has 0 spiro atoms. The minimum Gasteiger partial charge on any atom is -0.463 e. The zero-order valence-electron chi connectivity index (χ0n) is 8.21. The molecule has 0 amide bonds. The zero-order valence-corrected chi connectivity index (χ0v) is 8.21. The van der Waals surface area contributed by atoms with E-state index in [-0.39, 0.29) is 0 Å². The molecule has 0 fully saturated rings. The van der Waals surface area contributed by atoms with Crippen molar-refractivity contribution >= 4 is 5.97 Å². The Bertz CT molecular complexity index is 178. The fourth-order valence-corrected chi connectivity index (χ4v) is 0.742. The van der Waals surface area contributed by atoms with Crippen molar-refractivity contribution in [2.24, 2.45) is 5.73 Å². The molecule has 4 nitrogen and oxygen atoms in total. The summed E-state index contributed by atoms with van der Waals surface area (Å²) in [5.41, 5.74) is 6.02. The van der Waals surface area contributed by atoms with E-state index in [2.05, 4.69) is 4.74 Å². The number of hydrogen-bond donors (Lipinski definition) is 1. The molecule has 0 aromatic rings. The third-order valence-corrected chi connectivity index (χ3v) is 1.33. The zero-order chi connectivity index (χ0) is 10.1. The van der Waals surface area contributed by atoms with Crippen LogP contribution in [0.1, 0.15) is 20.3 Å². The Morgan fingerprint density at radius 3 is 2.62 bits per heavy atom. The highest BCUT2D eigenvalue weighted by Crippen LogP contribution is 1.94. The van der Waals surface area contributed by atoms with Crippen LogP contribution in [0.5, 0.6) is 0 Å². The molecule has 0 saturated heterocycles. The van der Waals surface area contributed by atoms with E-state index in [4.69, 9.17) is 10.5 Å². The van der Waals surface area contributed by atoms with E-state index in [9.17, 15) is 4.79 Å². The molecule has 0 bridgehead atoms. The molecular formula is C9H17NO3. The van der Waals surface area contributed by atoms with Gasteiger partial charge in [0.2, 0.25) is 0 Å². The summed E-state index contributed by atoms with van der Waals surface area (Å²) >= 11 is 0. The number of carbonyl (C=O) groups is 1. The fraction of sp³-hybridized carbons (Fsp3) is 0.667. The maximum atomic E-state index is 10.9. The van der Waals surface area contributed by atoms with Crippen molar-refractivity contribution in [2.75, 3.05) is 19.8 Å². The average molecular weight is 187 g/mol. The summed E-state index contributed by atoms with van der Waals surface area (Å²) in [6, 6.07) is 0. The van der Waals surface area contributed by atoms with Crippen molar-refractivity contribution in [1.29, 1.82) is 0 Å². The lowest BCUT2D eigenvalue weighted by molar-refractivity contribution is -0.137. The van der Waals surface area contributed by atoms with Gasteiger partial charge in [0.1, 0.15) is 0 Å². The Kier molecular flexibility index (Phi) is 7.01. The summed E-state index contributed by atoms with van der Waals surface area (Å²) in [6.45, 7) is 5.23. The first kappa shape index (κ1) is 12.0. The van der Waals surface area contributed by atoms with Crippen LogP contribution in [0.15, 0.2) is 11.8 Å². The Morgan fingerprint density at radius 2 is 2.08 bits per heavy atom. The molecule has 0 rings (SSSR count). The second-order valence-corrected chi connectivity index (χ2v) is 2.42. The Balaban J connectivity index is 3.67. The quantitative estimate of drug-likeness (QED) is 0.380. The maximum Gasteiger partial charge on any atom is 0.332 e. The van der Waals surface area contributed by atoms with Crippen LogP contribution in [-0.2, 0) is 14.3 Å². The second-order valence-electron chi connectivity index (χ2n) is 2.42. The van der Waals surface area contributed by atoms with Crippen molar-refractivity contribution in [3.63, 3.8) is 0 Å². The molecular weight excluding hydrogens is 170 g/mol. The van der Waals surface area contributed by atoms with Gasteiger partial charge in [0.15, 0.2) is 0 Å². The first-order valence-electron chi connectivity index (χ1n) is 4.41. The first-order chi connectivity index (χ1) is 6.20. The molecule has 0 atom stereocenters. The Labute approximate surface area is 78.7 Å². The Hall–Kier alpha value is -1.03. The first-order valence-corrected chi connectivity index (χ1v) is 4.41. The minimum atomic E-state index is -0.392. The lowest BCUT2D eigenvalue weighted by Crippen LogP contribution is -2.08. The molecule has 0 aliphatic rings. The van der Waals surface area contributed by atoms with Crippen LogP contribution in [0.3, 0.4) is 0 Å². The number of nitrogens with two attached hydrogens (primary N) is 1. The molecule has 0 unspecified atom stereocenters. The van der Waals surface area contributed by atoms with Gasteiger partial charge in [-0.2, -0.15) is 0 Å². The summed E-state index contributed by atoms with van der Waals surface area (Å²) in [4.78, 5) is 10.9. The summed E-state index contributed by atoms with van der Waals surface area (Å²) in [5.74, 6) is -0.392. The van der Waals surface area contributed by atoms with Crippen molar-refractivity contribution in [3.8, 4) is 0 Å². The van der Waals surface area contributed by atoms with Gasteiger partial charge in [0, 0.05) is 24.8 Å². The molecule has 0 aromatic heterocycles. The van der Waals surface area contributed by atoms with E-state index in [0.29, 0.717) is 31.9 Å². The van der Waals surface area contributed by atoms with Crippen LogP contribution in [0.2, 0.25) is 0 Å². The molecule has 2 N–H and O–H groups in total. The largest absolute Gasteiger partial charge is 0.463 e. The number of hydrogen-bond acceptors (Lipinski definition) is 4. The molecule has 0 radical (unpaired) electrons. The van der Waals surface area contributed by atoms with Gasteiger partial charge in [-0.25, -0.2) is 4.79 Å². The summed E-state index contributed by atoms with van der Waals surface area (Å²) < 4.78 is 9.76. The predicted octanol–water partition coefficient (Wildman–Crippen LogP) is 0.819. The third-order valence-electron chi connectivity index (χ3n) is 1.33. The van der Waals surface area contributed by atoms with Crippen molar-refractivity contribution in [3.05, 3.63) is 11.8 Å². The van der Waals surface area contributed by atoms with Crippen molar-refractivity contribution < 1.29 is 14.3 Å². The monoisotopic (exact) mass is 187 g/mol. The number of esters is 1. The highest BCUT2D eigenvalue weighted by Gasteiger charge is 1.98. The van der Waals surface area contributed by atoms with Gasteiger partial charge >= 0.3 is 5.97 Å². The molecule has 0 aliphatic carbocycles. The number of carbonyl (C=O) groups excluding carboxylic acids is 1. The van der Waals surface area contributed by atoms with Crippen LogP contribution in [0.4, 0.5) is 0 Å². The fourth-order valence-electron chi connectivity index (χ4n) is 0.742. The highest BCUT2D eigenvalue weighted by molar-refractivity contribution is 5.82. The van der Waals surface area contributed by atoms with Crippen LogP contribution >= 0.6 is 0 Å². The van der Waals surface area contributed by atoms with E-state index >= 15 is 0 Å². The van der Waals surface area contributed by atoms with E-state index in [1.165, 1.54) is 6.08 Å². The van der Waals surface area contributed by atoms with Crippen LogP contribution in [0.25, 0.3) is 0 Å². The van der Waals surface area contributed by atoms with Gasteiger partial charge in [-0.05, 0) is 13.8 Å². The topological polar surface area (TPSA) is 61.5 Å². The highest BCUT2D eigenvalue weighted by atomic mass is 16.5. The number of rotatable bonds is 6. The van der Waals surface area contributed by atoms with Gasteiger partial charge in [0.05, 0.1) is 13.2 Å². The predicted molar refractivity (Wildman–Crippen MR) is 50.0 cm³/mol. The molecule has 0 heterocycles. The molecule has 0 saturated carbocycles. The number of ether oxygens (including phenoxy) is 2. The molecule has 4 heteroatoms. The van der Waals surface area contributed by atoms with Gasteiger partial charge in [0.25, 0.3) is 0 Å². The van der Waals surface area contributed by atoms with Gasteiger partial charge in [-0.3, -0.25) is 0 Å². The summed E-state index contributed by atoms with van der Waals surface area (Å²) in [7, 11) is 0. The van der Waals surface area contributed by atoms with Crippen molar-refractivity contribution in [2.45, 2.75) is 20.3 Å². The van der Waals surface area contributed by atoms with Gasteiger partial charge in [-0.1, -0.05) is 0 Å². The SMILES string of the molecule is CCOCCC(N)=CC(=O)OCC. The van der Waals surface area contributed by atoms with E-state index in [1.54, 1.807) is 6.92 Å². The van der Waals surface area contributed by atoms with Crippen LogP contribution in [-0.4, -0.2) is 25.8 Å². The maximum absolute atomic E-state index is 10.9. The normalized spacial score (nSPS) is 11.4. The standard InChI is InChI=1S/C9H17NO3/c1-3-12-6-5-8(10)7-9(11)13-4-2/h7H,3-6,10H2,1-2H3. The minimum absolute atomic E-state index is 0.369. The molecule has 13 heavy (non-hydrogen) atoms.